The van der Waals surface area contributed by atoms with Gasteiger partial charge in [0.05, 0.1) is 16.4 Å². The highest BCUT2D eigenvalue weighted by Gasteiger charge is 2.39. The molecule has 1 heterocycles. The molecule has 1 saturated carbocycles. The highest BCUT2D eigenvalue weighted by molar-refractivity contribution is 7.84. The predicted molar refractivity (Wildman–Crippen MR) is 111 cm³/mol. The van der Waals surface area contributed by atoms with E-state index in [1.807, 2.05) is 38.1 Å². The first-order valence-corrected chi connectivity index (χ1v) is 11.5. The van der Waals surface area contributed by atoms with Crippen molar-refractivity contribution in [2.45, 2.75) is 50.2 Å². The van der Waals surface area contributed by atoms with Crippen LogP contribution in [-0.2, 0) is 33.0 Å². The lowest BCUT2D eigenvalue weighted by Crippen LogP contribution is -2.36. The quantitative estimate of drug-likeness (QED) is 0.595. The minimum Gasteiger partial charge on any atom is -0.299 e. The molecule has 166 valence electrons. The van der Waals surface area contributed by atoms with Gasteiger partial charge in [0.25, 0.3) is 0 Å². The van der Waals surface area contributed by atoms with E-state index in [0.29, 0.717) is 6.20 Å². The van der Waals surface area contributed by atoms with E-state index in [1.165, 1.54) is 0 Å². The summed E-state index contributed by atoms with van der Waals surface area (Å²) >= 11 is 0. The van der Waals surface area contributed by atoms with Crippen LogP contribution < -0.4 is 0 Å². The van der Waals surface area contributed by atoms with Crippen LogP contribution in [0.25, 0.3) is 0 Å². The Hall–Kier alpha value is -2.35. The van der Waals surface area contributed by atoms with Crippen LogP contribution in [0.1, 0.15) is 49.3 Å². The van der Waals surface area contributed by atoms with Crippen LogP contribution in [0.2, 0.25) is 0 Å². The minimum atomic E-state index is -4.50. The molecule has 3 rings (SSSR count). The second-order valence-corrected chi connectivity index (χ2v) is 9.40. The number of benzene rings is 1. The number of nitrogens with zero attached hydrogens (tertiary/aromatic N) is 1. The second kappa shape index (κ2) is 9.42. The molecule has 0 spiro atoms. The number of carbonyl (C=O) groups is 2. The molecule has 0 amide bonds. The maximum atomic E-state index is 12.9. The predicted octanol–water partition coefficient (Wildman–Crippen LogP) is 4.74. The van der Waals surface area contributed by atoms with E-state index in [9.17, 15) is 27.0 Å². The Morgan fingerprint density at radius 3 is 2.29 bits per heavy atom. The monoisotopic (exact) mass is 451 g/mol. The number of halogens is 3. The third kappa shape index (κ3) is 5.29. The van der Waals surface area contributed by atoms with Crippen molar-refractivity contribution in [3.8, 4) is 0 Å². The summed E-state index contributed by atoms with van der Waals surface area (Å²) < 4.78 is 50.6. The van der Waals surface area contributed by atoms with Crippen LogP contribution in [-0.4, -0.2) is 26.5 Å². The van der Waals surface area contributed by atoms with Crippen molar-refractivity contribution in [2.24, 2.45) is 11.8 Å². The van der Waals surface area contributed by atoms with E-state index in [4.69, 9.17) is 0 Å². The molecule has 0 N–H and O–H groups in total. The van der Waals surface area contributed by atoms with Gasteiger partial charge in [-0.2, -0.15) is 13.2 Å². The average Bonchev–Trinajstić information content (AvgIpc) is 2.73. The van der Waals surface area contributed by atoms with E-state index < -0.39 is 28.5 Å². The number of hydrogen-bond acceptors (Lipinski definition) is 4. The fourth-order valence-corrected chi connectivity index (χ4v) is 5.34. The molecule has 1 aliphatic carbocycles. The van der Waals surface area contributed by atoms with Crippen LogP contribution in [0, 0.1) is 11.8 Å². The molecule has 0 aliphatic heterocycles. The summed E-state index contributed by atoms with van der Waals surface area (Å²) in [6, 6.07) is 9.42. The van der Waals surface area contributed by atoms with Gasteiger partial charge >= 0.3 is 6.18 Å². The molecule has 0 radical (unpaired) electrons. The van der Waals surface area contributed by atoms with Crippen molar-refractivity contribution in [1.29, 1.82) is 0 Å². The van der Waals surface area contributed by atoms with Gasteiger partial charge in [-0.15, -0.1) is 0 Å². The molecule has 1 aliphatic rings. The molecule has 8 heteroatoms. The first-order chi connectivity index (χ1) is 14.6. The summed E-state index contributed by atoms with van der Waals surface area (Å²) in [6.45, 7) is 3.79. The number of hydrogen-bond donors (Lipinski definition) is 0. The zero-order chi connectivity index (χ0) is 22.8. The summed E-state index contributed by atoms with van der Waals surface area (Å²) in [4.78, 5) is 29.4. The van der Waals surface area contributed by atoms with Crippen LogP contribution in [0.5, 0.6) is 0 Å². The largest absolute Gasteiger partial charge is 0.417 e. The lowest BCUT2D eigenvalue weighted by Gasteiger charge is -2.31. The minimum absolute atomic E-state index is 0.0584. The van der Waals surface area contributed by atoms with Crippen molar-refractivity contribution in [1.82, 2.24) is 4.98 Å². The van der Waals surface area contributed by atoms with Gasteiger partial charge in [-0.05, 0) is 41.5 Å². The van der Waals surface area contributed by atoms with Crippen molar-refractivity contribution in [3.05, 3.63) is 59.3 Å². The summed E-state index contributed by atoms with van der Waals surface area (Å²) in [5.74, 6) is -1.36. The van der Waals surface area contributed by atoms with Crippen molar-refractivity contribution in [3.63, 3.8) is 0 Å². The Labute approximate surface area is 181 Å². The molecule has 0 saturated heterocycles. The van der Waals surface area contributed by atoms with Gasteiger partial charge < -0.3 is 0 Å². The lowest BCUT2D eigenvalue weighted by atomic mass is 9.72. The molecule has 2 atom stereocenters. The van der Waals surface area contributed by atoms with Crippen molar-refractivity contribution >= 4 is 22.4 Å². The first-order valence-electron chi connectivity index (χ1n) is 10.2. The fraction of sp³-hybridized carbons (Fsp3) is 0.435. The van der Waals surface area contributed by atoms with Crippen molar-refractivity contribution in [2.75, 3.05) is 5.75 Å². The van der Waals surface area contributed by atoms with Gasteiger partial charge in [-0.3, -0.25) is 13.8 Å². The zero-order valence-corrected chi connectivity index (χ0v) is 18.1. The lowest BCUT2D eigenvalue weighted by molar-refractivity contribution is -0.138. The van der Waals surface area contributed by atoms with Crippen molar-refractivity contribution < 1.29 is 27.0 Å². The van der Waals surface area contributed by atoms with Gasteiger partial charge in [0.1, 0.15) is 22.5 Å². The summed E-state index contributed by atoms with van der Waals surface area (Å²) in [5, 5.41) is 0.0584. The molecule has 2 unspecified atom stereocenters. The Kier molecular flexibility index (Phi) is 7.09. The topological polar surface area (TPSA) is 64.1 Å². The number of aromatic nitrogens is 1. The summed E-state index contributed by atoms with van der Waals surface area (Å²) in [6.07, 6.45) is -2.68. The Morgan fingerprint density at radius 2 is 1.74 bits per heavy atom. The van der Waals surface area contributed by atoms with E-state index in [-0.39, 0.29) is 47.0 Å². The van der Waals surface area contributed by atoms with E-state index in [0.717, 1.165) is 29.7 Å². The van der Waals surface area contributed by atoms with E-state index in [2.05, 4.69) is 4.98 Å². The molecule has 31 heavy (non-hydrogen) atoms. The highest BCUT2D eigenvalue weighted by atomic mass is 32.2. The first kappa shape index (κ1) is 23.3. The van der Waals surface area contributed by atoms with Crippen LogP contribution in [0.4, 0.5) is 13.2 Å². The van der Waals surface area contributed by atoms with Gasteiger partial charge in [0.15, 0.2) is 0 Å². The number of ketones is 2. The molecule has 4 nitrogen and oxygen atoms in total. The highest BCUT2D eigenvalue weighted by Crippen LogP contribution is 2.36. The normalized spacial score (nSPS) is 21.7. The Bertz CT molecular complexity index is 970. The Morgan fingerprint density at radius 1 is 1.10 bits per heavy atom. The fourth-order valence-electron chi connectivity index (χ4n) is 4.03. The molecular formula is C23H24F3NO3S. The standard InChI is InChI=1S/C23H24F3NO3S/c1-3-15-6-4-5-7-18(15)22-19(28)10-16(11-20(22)29)14(2)13-31(30)21-9-8-17(12-27-21)23(24,25)26/h4-9,12,14,16,22H,3,10-11,13H2,1-2H3. The summed E-state index contributed by atoms with van der Waals surface area (Å²) in [5.41, 5.74) is 0.849. The molecular weight excluding hydrogens is 427 g/mol. The number of carbonyl (C=O) groups excluding carboxylic acids is 2. The smallest absolute Gasteiger partial charge is 0.299 e. The van der Waals surface area contributed by atoms with E-state index in [1.54, 1.807) is 0 Å². The maximum Gasteiger partial charge on any atom is 0.417 e. The molecule has 1 aromatic heterocycles. The second-order valence-electron chi connectivity index (χ2n) is 7.96. The average molecular weight is 452 g/mol. The van der Waals surface area contributed by atoms with E-state index >= 15 is 0 Å². The van der Waals surface area contributed by atoms with Gasteiger partial charge in [-0.1, -0.05) is 38.1 Å². The van der Waals surface area contributed by atoms with Gasteiger partial charge in [0, 0.05) is 24.8 Å². The number of Topliss-reactive ketones (excluding diaryl/α,β-unsaturated/α-hetero) is 2. The number of aryl methyl sites for hydroxylation is 1. The third-order valence-corrected chi connectivity index (χ3v) is 7.37. The molecule has 2 aromatic rings. The zero-order valence-electron chi connectivity index (χ0n) is 17.3. The van der Waals surface area contributed by atoms with Crippen LogP contribution >= 0.6 is 0 Å². The molecule has 1 fully saturated rings. The number of alkyl halides is 3. The van der Waals surface area contributed by atoms with Crippen LogP contribution in [0.15, 0.2) is 47.6 Å². The number of pyridine rings is 1. The SMILES string of the molecule is CCc1ccccc1C1C(=O)CC(C(C)CS(=O)c2ccc(C(F)(F)F)cn2)CC1=O. The van der Waals surface area contributed by atoms with Gasteiger partial charge in [-0.25, -0.2) is 4.98 Å². The molecule has 1 aromatic carbocycles. The van der Waals surface area contributed by atoms with Gasteiger partial charge in [0.2, 0.25) is 0 Å². The summed E-state index contributed by atoms with van der Waals surface area (Å²) in [7, 11) is -1.62. The number of rotatable bonds is 6. The van der Waals surface area contributed by atoms with Crippen LogP contribution in [0.3, 0.4) is 0 Å². The third-order valence-electron chi connectivity index (χ3n) is 5.83. The molecule has 0 bridgehead atoms. The maximum absolute atomic E-state index is 12.9. The Balaban J connectivity index is 1.67.